The lowest BCUT2D eigenvalue weighted by atomic mass is 10.00. The molecule has 1 fully saturated rings. The molecule has 7 heteroatoms. The minimum absolute atomic E-state index is 0.0566. The van der Waals surface area contributed by atoms with Crippen LogP contribution in [0, 0.1) is 0 Å². The zero-order chi connectivity index (χ0) is 18.0. The molecule has 1 amide bonds. The van der Waals surface area contributed by atoms with Gasteiger partial charge in [-0.25, -0.2) is 0 Å². The van der Waals surface area contributed by atoms with Crippen LogP contribution in [0.2, 0.25) is 10.0 Å². The van der Waals surface area contributed by atoms with Gasteiger partial charge in [-0.1, -0.05) is 35.3 Å². The maximum atomic E-state index is 12.7. The van der Waals surface area contributed by atoms with Gasteiger partial charge in [0.25, 0.3) is 5.91 Å². The van der Waals surface area contributed by atoms with Crippen LogP contribution in [-0.4, -0.2) is 38.1 Å². The molecule has 0 bridgehead atoms. The molecule has 130 valence electrons. The Bertz CT molecular complexity index is 834. The van der Waals surface area contributed by atoms with Crippen LogP contribution in [-0.2, 0) is 4.74 Å². The normalized spacial score (nSPS) is 13.9. The van der Waals surface area contributed by atoms with Crippen LogP contribution in [0.25, 0.3) is 0 Å². The van der Waals surface area contributed by atoms with E-state index in [0.717, 1.165) is 0 Å². The summed E-state index contributed by atoms with van der Waals surface area (Å²) in [7, 11) is 1.42. The molecule has 2 aromatic carbocycles. The molecule has 5 nitrogen and oxygen atoms in total. The Balaban J connectivity index is 1.99. The molecule has 0 aliphatic carbocycles. The minimum atomic E-state index is -0.374. The van der Waals surface area contributed by atoms with Crippen molar-refractivity contribution in [2.75, 3.05) is 20.3 Å². The number of hydrogen-bond acceptors (Lipinski definition) is 4. The standard InChI is InChI=1S/C18H15Cl2NO4/c1-24-17-13(18(23)21-11-8-25-9-11)6-10(7-15(17)20)16(22)12-4-2-3-5-14(12)19/h2-7,11H,8-9H2,1H3,(H,21,23). The van der Waals surface area contributed by atoms with Gasteiger partial charge in [-0.05, 0) is 24.3 Å². The summed E-state index contributed by atoms with van der Waals surface area (Å²) in [5.74, 6) is -0.479. The number of hydrogen-bond donors (Lipinski definition) is 1. The van der Waals surface area contributed by atoms with Gasteiger partial charge in [-0.2, -0.15) is 0 Å². The second-order valence-corrected chi connectivity index (χ2v) is 6.37. The lowest BCUT2D eigenvalue weighted by Crippen LogP contribution is -2.48. The van der Waals surface area contributed by atoms with Crippen molar-refractivity contribution in [3.8, 4) is 5.75 Å². The molecule has 0 saturated carbocycles. The van der Waals surface area contributed by atoms with Crippen LogP contribution < -0.4 is 10.1 Å². The van der Waals surface area contributed by atoms with Crippen LogP contribution in [0.4, 0.5) is 0 Å². The van der Waals surface area contributed by atoms with Gasteiger partial charge in [0.1, 0.15) is 5.75 Å². The maximum Gasteiger partial charge on any atom is 0.255 e. The summed E-state index contributed by atoms with van der Waals surface area (Å²) >= 11 is 12.3. The number of benzene rings is 2. The Morgan fingerprint density at radius 1 is 1.12 bits per heavy atom. The fourth-order valence-electron chi connectivity index (χ4n) is 2.48. The van der Waals surface area contributed by atoms with Crippen LogP contribution in [0.3, 0.4) is 0 Å². The third kappa shape index (κ3) is 3.63. The lowest BCUT2D eigenvalue weighted by Gasteiger charge is -2.27. The highest BCUT2D eigenvalue weighted by Crippen LogP contribution is 2.32. The largest absolute Gasteiger partial charge is 0.494 e. The van der Waals surface area contributed by atoms with E-state index in [1.165, 1.54) is 19.2 Å². The van der Waals surface area contributed by atoms with Crippen molar-refractivity contribution in [1.82, 2.24) is 5.32 Å². The quantitative estimate of drug-likeness (QED) is 0.808. The van der Waals surface area contributed by atoms with Gasteiger partial charge < -0.3 is 14.8 Å². The number of carbonyl (C=O) groups is 2. The lowest BCUT2D eigenvalue weighted by molar-refractivity contribution is -0.00350. The van der Waals surface area contributed by atoms with Gasteiger partial charge >= 0.3 is 0 Å². The first-order valence-electron chi connectivity index (χ1n) is 7.56. The molecule has 25 heavy (non-hydrogen) atoms. The Morgan fingerprint density at radius 2 is 1.84 bits per heavy atom. The predicted octanol–water partition coefficient (Wildman–Crippen LogP) is 3.36. The van der Waals surface area contributed by atoms with Gasteiger partial charge in [-0.3, -0.25) is 9.59 Å². The summed E-state index contributed by atoms with van der Waals surface area (Å²) in [6, 6.07) is 9.58. The fourth-order valence-corrected chi connectivity index (χ4v) is 3.00. The molecule has 1 aliphatic heterocycles. The zero-order valence-corrected chi connectivity index (χ0v) is 14.9. The first-order valence-corrected chi connectivity index (χ1v) is 8.32. The molecule has 0 atom stereocenters. The average molecular weight is 380 g/mol. The summed E-state index contributed by atoms with van der Waals surface area (Å²) in [5.41, 5.74) is 0.787. The third-order valence-corrected chi connectivity index (χ3v) is 4.46. The smallest absolute Gasteiger partial charge is 0.255 e. The molecule has 1 aliphatic rings. The van der Waals surface area contributed by atoms with E-state index in [-0.39, 0.29) is 39.6 Å². The van der Waals surface area contributed by atoms with E-state index in [0.29, 0.717) is 23.8 Å². The molecule has 3 rings (SSSR count). The van der Waals surface area contributed by atoms with Crippen LogP contribution in [0.1, 0.15) is 26.3 Å². The first-order chi connectivity index (χ1) is 12.0. The van der Waals surface area contributed by atoms with E-state index in [1.54, 1.807) is 24.3 Å². The summed E-state index contributed by atoms with van der Waals surface area (Å²) < 4.78 is 10.3. The van der Waals surface area contributed by atoms with Crippen molar-refractivity contribution in [3.05, 3.63) is 63.1 Å². The zero-order valence-electron chi connectivity index (χ0n) is 13.3. The minimum Gasteiger partial charge on any atom is -0.494 e. The molecular formula is C18H15Cl2NO4. The Kier molecular flexibility index (Phi) is 5.27. The highest BCUT2D eigenvalue weighted by molar-refractivity contribution is 6.36. The summed E-state index contributed by atoms with van der Waals surface area (Å²) in [5, 5.41) is 3.32. The van der Waals surface area contributed by atoms with Crippen molar-refractivity contribution in [2.24, 2.45) is 0 Å². The van der Waals surface area contributed by atoms with E-state index in [4.69, 9.17) is 32.7 Å². The highest BCUT2D eigenvalue weighted by Gasteiger charge is 2.25. The number of nitrogens with one attached hydrogen (secondary N) is 1. The van der Waals surface area contributed by atoms with E-state index in [9.17, 15) is 9.59 Å². The number of halogens is 2. The van der Waals surface area contributed by atoms with Gasteiger partial charge in [0.2, 0.25) is 0 Å². The average Bonchev–Trinajstić information content (AvgIpc) is 2.57. The summed E-state index contributed by atoms with van der Waals surface area (Å²) in [6.45, 7) is 0.917. The molecular weight excluding hydrogens is 365 g/mol. The Labute approximate surface area is 154 Å². The van der Waals surface area contributed by atoms with E-state index in [2.05, 4.69) is 5.32 Å². The van der Waals surface area contributed by atoms with Gasteiger partial charge in [0, 0.05) is 11.1 Å². The van der Waals surface area contributed by atoms with Crippen molar-refractivity contribution >= 4 is 34.9 Å². The van der Waals surface area contributed by atoms with Crippen LogP contribution in [0.5, 0.6) is 5.75 Å². The SMILES string of the molecule is COc1c(Cl)cc(C(=O)c2ccccc2Cl)cc1C(=O)NC1COC1. The molecule has 0 spiro atoms. The number of ketones is 1. The number of ether oxygens (including phenoxy) is 2. The van der Waals surface area contributed by atoms with Crippen molar-refractivity contribution in [3.63, 3.8) is 0 Å². The third-order valence-electron chi connectivity index (χ3n) is 3.85. The summed E-state index contributed by atoms with van der Waals surface area (Å²) in [4.78, 5) is 25.3. The first kappa shape index (κ1) is 17.7. The number of methoxy groups -OCH3 is 1. The molecule has 2 aromatic rings. The second kappa shape index (κ2) is 7.44. The second-order valence-electron chi connectivity index (χ2n) is 5.56. The summed E-state index contributed by atoms with van der Waals surface area (Å²) in [6.07, 6.45) is 0. The van der Waals surface area contributed by atoms with Crippen LogP contribution in [0.15, 0.2) is 36.4 Å². The molecule has 1 saturated heterocycles. The topological polar surface area (TPSA) is 64.6 Å². The maximum absolute atomic E-state index is 12.7. The molecule has 0 unspecified atom stereocenters. The molecule has 0 radical (unpaired) electrons. The van der Waals surface area contributed by atoms with Crippen molar-refractivity contribution in [1.29, 1.82) is 0 Å². The molecule has 1 heterocycles. The van der Waals surface area contributed by atoms with E-state index < -0.39 is 0 Å². The number of carbonyl (C=O) groups excluding carboxylic acids is 2. The highest BCUT2D eigenvalue weighted by atomic mass is 35.5. The van der Waals surface area contributed by atoms with Crippen LogP contribution >= 0.6 is 23.2 Å². The van der Waals surface area contributed by atoms with Gasteiger partial charge in [0.05, 0.1) is 42.0 Å². The Hall–Kier alpha value is -2.08. The van der Waals surface area contributed by atoms with Crippen molar-refractivity contribution < 1.29 is 19.1 Å². The van der Waals surface area contributed by atoms with Gasteiger partial charge in [-0.15, -0.1) is 0 Å². The monoisotopic (exact) mass is 379 g/mol. The number of rotatable bonds is 5. The van der Waals surface area contributed by atoms with Gasteiger partial charge in [0.15, 0.2) is 5.78 Å². The van der Waals surface area contributed by atoms with E-state index in [1.807, 2.05) is 0 Å². The number of amides is 1. The molecule has 1 N–H and O–H groups in total. The Morgan fingerprint density at radius 3 is 2.44 bits per heavy atom. The molecule has 0 aromatic heterocycles. The van der Waals surface area contributed by atoms with E-state index >= 15 is 0 Å². The fraction of sp³-hybridized carbons (Fsp3) is 0.222. The van der Waals surface area contributed by atoms with Crippen molar-refractivity contribution in [2.45, 2.75) is 6.04 Å². The predicted molar refractivity (Wildman–Crippen MR) is 95.0 cm³/mol.